The molecule has 2 aromatic heterocycles. The third-order valence-electron chi connectivity index (χ3n) is 7.03. The van der Waals surface area contributed by atoms with E-state index in [4.69, 9.17) is 69.9 Å². The van der Waals surface area contributed by atoms with Crippen LogP contribution in [0, 0.1) is 0 Å². The largest absolute Gasteiger partial charge is 0.490 e. The Kier molecular flexibility index (Phi) is 19.3. The lowest BCUT2D eigenvalue weighted by atomic mass is 10.1. The highest BCUT2D eigenvalue weighted by Gasteiger charge is 2.52. The minimum absolute atomic E-state index is 0.212. The first-order chi connectivity index (χ1) is 29.6. The summed E-state index contributed by atoms with van der Waals surface area (Å²) in [4.78, 5) is 138. The van der Waals surface area contributed by atoms with E-state index in [0.717, 1.165) is 24.5 Å². The second kappa shape index (κ2) is 21.7. The molecule has 66 heavy (non-hydrogen) atoms. The lowest BCUT2D eigenvalue weighted by molar-refractivity contribution is -0.0540. The molecule has 2 fully saturated rings. The molecular weight excluding hydrogens is 1090 g/mol. The fourth-order valence-corrected chi connectivity index (χ4v) is 12.1. The van der Waals surface area contributed by atoms with Crippen LogP contribution in [0.15, 0.2) is 34.1 Å². The Morgan fingerprint density at radius 2 is 0.879 bits per heavy atom. The third kappa shape index (κ3) is 19.2. The summed E-state index contributed by atoms with van der Waals surface area (Å²) in [6.07, 6.45) is -13.2. The lowest BCUT2D eigenvalue weighted by Crippen LogP contribution is -2.37. The number of hydrogen-bond acceptors (Lipinski definition) is 26. The summed E-state index contributed by atoms with van der Waals surface area (Å²) < 4.78 is 133. The Morgan fingerprint density at radius 3 is 1.26 bits per heavy atom. The van der Waals surface area contributed by atoms with E-state index < -0.39 is 136 Å². The van der Waals surface area contributed by atoms with Gasteiger partial charge in [0.05, 0.1) is 13.2 Å². The molecule has 4 unspecified atom stereocenters. The highest BCUT2D eigenvalue weighted by molar-refractivity contribution is 7.67. The number of phosphoric acid groups is 8. The Morgan fingerprint density at radius 1 is 0.515 bits per heavy atom. The van der Waals surface area contributed by atoms with E-state index in [1.807, 2.05) is 0 Å². The number of aliphatic hydroxyl groups is 2. The van der Waals surface area contributed by atoms with Crippen LogP contribution in [-0.4, -0.2) is 138 Å². The number of aromatic nitrogens is 4. The van der Waals surface area contributed by atoms with Crippen LogP contribution in [0.4, 0.5) is 11.6 Å². The SMILES string of the molecule is Nc1ccn([C@@H]2O[C@H](COP(=O)(O)OP(=O)(O)OP(=O)(O)O)[C@@H](O)[C@H]2OP(=O)(O)O)c(=O)n1.Nc1ccn([C@@H]2O[C@H](COP(=O)(O)OP(=O)(O)OP(=O)(O)O)[C@@H](OP(=O)(O)O)[C@H]2O)c(=O)n1. The summed E-state index contributed by atoms with van der Waals surface area (Å²) in [6, 6.07) is 2.20. The number of nitrogens with zero attached hydrogens (tertiary/aromatic N) is 4. The maximum absolute atomic E-state index is 12.0. The van der Waals surface area contributed by atoms with Crippen molar-refractivity contribution < 1.29 is 150 Å². The van der Waals surface area contributed by atoms with E-state index in [-0.39, 0.29) is 11.6 Å². The summed E-state index contributed by atoms with van der Waals surface area (Å²) in [5, 5.41) is 20.6. The van der Waals surface area contributed by atoms with Crippen molar-refractivity contribution in [2.45, 2.75) is 49.1 Å². The molecule has 2 aliphatic rings. The van der Waals surface area contributed by atoms with Gasteiger partial charge in [0.2, 0.25) is 0 Å². The first-order valence-corrected chi connectivity index (χ1v) is 28.1. The maximum atomic E-state index is 12.0. The zero-order chi connectivity index (χ0) is 50.8. The van der Waals surface area contributed by atoms with E-state index in [1.54, 1.807) is 0 Å². The van der Waals surface area contributed by atoms with E-state index in [9.17, 15) is 66.1 Å². The summed E-state index contributed by atoms with van der Waals surface area (Å²) in [6.45, 7) is -2.43. The summed E-state index contributed by atoms with van der Waals surface area (Å²) >= 11 is 0. The average molecular weight is 1130 g/mol. The Balaban J connectivity index is 0.000000350. The number of rotatable bonds is 20. The molecule has 380 valence electrons. The molecule has 0 aromatic carbocycles. The second-order valence-corrected chi connectivity index (χ2v) is 23.3. The topological polar surface area (TPSA) is 634 Å². The molecule has 12 atom stereocenters. The van der Waals surface area contributed by atoms with Crippen molar-refractivity contribution in [2.24, 2.45) is 0 Å². The van der Waals surface area contributed by atoms with Crippen LogP contribution >= 0.6 is 62.6 Å². The fraction of sp³-hybridized carbons (Fsp3) is 0.556. The van der Waals surface area contributed by atoms with Crippen LogP contribution in [0.25, 0.3) is 0 Å². The number of aliphatic hydroxyl groups excluding tert-OH is 2. The molecule has 0 spiro atoms. The minimum atomic E-state index is -5.84. The molecule has 0 bridgehead atoms. The van der Waals surface area contributed by atoms with E-state index in [2.05, 4.69) is 45.3 Å². The van der Waals surface area contributed by atoms with Gasteiger partial charge in [0.1, 0.15) is 48.3 Å². The predicted octanol–water partition coefficient (Wildman–Crippen LogP) is -4.19. The normalized spacial score (nSPS) is 27.7. The van der Waals surface area contributed by atoms with Crippen molar-refractivity contribution in [2.75, 3.05) is 24.7 Å². The predicted molar refractivity (Wildman–Crippen MR) is 199 cm³/mol. The standard InChI is InChI=1S/2C9H17N3O17P4/c10-5-1-2-12(9(14)11-5)8-6(13)7(27-30(15,16)17)4(26-8)3-25-32(21,22)29-33(23,24)28-31(18,19)20;10-5-1-2-12(9(14)11-5)8-7(27-30(15,16)17)6(13)4(26-8)3-25-32(21,22)29-33(23,24)28-31(18,19)20/h2*1-2,4,6-8,13H,3H2,(H,21,22)(H,23,24)(H2,10,11,14)(H2,15,16,17)(H2,18,19,20)/t2*4-,6-,7-,8-/m11/s1. The van der Waals surface area contributed by atoms with Crippen molar-refractivity contribution in [1.82, 2.24) is 19.1 Å². The second-order valence-electron chi connectivity index (χ2n) is 12.1. The van der Waals surface area contributed by atoms with Gasteiger partial charge >= 0.3 is 74.0 Å². The van der Waals surface area contributed by atoms with Crippen molar-refractivity contribution in [1.29, 1.82) is 0 Å². The van der Waals surface area contributed by atoms with E-state index in [1.165, 1.54) is 0 Å². The molecule has 4 heterocycles. The van der Waals surface area contributed by atoms with Crippen LogP contribution in [0.2, 0.25) is 0 Å². The van der Waals surface area contributed by atoms with Crippen LogP contribution in [0.3, 0.4) is 0 Å². The lowest BCUT2D eigenvalue weighted by Gasteiger charge is -2.22. The molecule has 4 rings (SSSR count). The Labute approximate surface area is 362 Å². The summed E-state index contributed by atoms with van der Waals surface area (Å²) in [5.74, 6) is -0.442. The van der Waals surface area contributed by atoms with Gasteiger partial charge in [0, 0.05) is 12.4 Å². The van der Waals surface area contributed by atoms with Gasteiger partial charge in [-0.2, -0.15) is 27.2 Å². The van der Waals surface area contributed by atoms with Gasteiger partial charge < -0.3 is 89.9 Å². The van der Waals surface area contributed by atoms with Crippen molar-refractivity contribution >= 4 is 74.2 Å². The molecule has 40 nitrogen and oxygen atoms in total. The van der Waals surface area contributed by atoms with Gasteiger partial charge in [-0.15, -0.1) is 0 Å². The van der Waals surface area contributed by atoms with Crippen LogP contribution in [0.5, 0.6) is 0 Å². The average Bonchev–Trinajstić information content (AvgIpc) is 3.52. The molecule has 0 radical (unpaired) electrons. The molecule has 0 saturated carbocycles. The first kappa shape index (κ1) is 58.6. The van der Waals surface area contributed by atoms with Crippen molar-refractivity contribution in [3.63, 3.8) is 0 Å². The number of ether oxygens (including phenoxy) is 2. The van der Waals surface area contributed by atoms with E-state index >= 15 is 0 Å². The van der Waals surface area contributed by atoms with Gasteiger partial charge in [-0.3, -0.25) is 27.2 Å². The Hall–Kier alpha value is -1.76. The third-order valence-corrected chi connectivity index (χ3v) is 15.7. The smallest absolute Gasteiger partial charge is 0.387 e. The number of anilines is 2. The maximum Gasteiger partial charge on any atom is 0.490 e. The summed E-state index contributed by atoms with van der Waals surface area (Å²) in [7, 11) is -44.8. The van der Waals surface area contributed by atoms with Gasteiger partial charge in [-0.1, -0.05) is 0 Å². The zero-order valence-electron chi connectivity index (χ0n) is 31.3. The number of hydrogen-bond donors (Lipinski definition) is 16. The molecule has 0 amide bonds. The van der Waals surface area contributed by atoms with Crippen LogP contribution in [0.1, 0.15) is 12.5 Å². The fourth-order valence-electron chi connectivity index (χ4n) is 4.91. The molecule has 0 aliphatic carbocycles. The van der Waals surface area contributed by atoms with Gasteiger partial charge in [0.25, 0.3) is 0 Å². The summed E-state index contributed by atoms with van der Waals surface area (Å²) in [5.41, 5.74) is 8.50. The molecular formula is C18H34N6O34P8. The molecule has 48 heteroatoms. The highest BCUT2D eigenvalue weighted by atomic mass is 31.3. The molecule has 2 saturated heterocycles. The highest BCUT2D eigenvalue weighted by Crippen LogP contribution is 2.67. The van der Waals surface area contributed by atoms with Crippen LogP contribution < -0.4 is 22.8 Å². The molecule has 2 aliphatic heterocycles. The van der Waals surface area contributed by atoms with Crippen molar-refractivity contribution in [3.05, 3.63) is 45.5 Å². The van der Waals surface area contributed by atoms with Gasteiger partial charge in [-0.25, -0.2) is 46.1 Å². The minimum Gasteiger partial charge on any atom is -0.387 e. The van der Waals surface area contributed by atoms with E-state index in [0.29, 0.717) is 9.13 Å². The number of phosphoric ester groups is 4. The van der Waals surface area contributed by atoms with Gasteiger partial charge in [0.15, 0.2) is 12.5 Å². The Bertz CT molecular complexity index is 2570. The van der Waals surface area contributed by atoms with Gasteiger partial charge in [-0.05, 0) is 12.1 Å². The number of nitrogen functional groups attached to an aromatic ring is 2. The van der Waals surface area contributed by atoms with Crippen LogP contribution in [-0.2, 0) is 81.3 Å². The van der Waals surface area contributed by atoms with Crippen molar-refractivity contribution in [3.8, 4) is 0 Å². The molecule has 18 N–H and O–H groups in total. The first-order valence-electron chi connectivity index (χ1n) is 16.0. The number of nitrogens with two attached hydrogens (primary N) is 2. The quantitative estimate of drug-likeness (QED) is 0.0559. The monoisotopic (exact) mass is 1130 g/mol. The molecule has 2 aromatic rings. The zero-order valence-corrected chi connectivity index (χ0v) is 38.4.